The summed E-state index contributed by atoms with van der Waals surface area (Å²) in [5.74, 6) is 2.03. The van der Waals surface area contributed by atoms with E-state index >= 15 is 0 Å². The van der Waals surface area contributed by atoms with Crippen molar-refractivity contribution in [2.75, 3.05) is 5.32 Å². The van der Waals surface area contributed by atoms with Gasteiger partial charge in [-0.1, -0.05) is 17.3 Å². The molecule has 1 amide bonds. The second-order valence-electron chi connectivity index (χ2n) is 6.48. The molecule has 2 aromatic heterocycles. The van der Waals surface area contributed by atoms with Crippen LogP contribution in [0.25, 0.3) is 11.0 Å². The third kappa shape index (κ3) is 2.79. The van der Waals surface area contributed by atoms with Crippen molar-refractivity contribution in [1.82, 2.24) is 15.1 Å². The molecule has 6 nitrogen and oxygen atoms in total. The van der Waals surface area contributed by atoms with Crippen molar-refractivity contribution in [2.24, 2.45) is 0 Å². The molecular weight excluding hydrogens is 304 g/mol. The number of anilines is 1. The van der Waals surface area contributed by atoms with Gasteiger partial charge < -0.3 is 14.8 Å². The summed E-state index contributed by atoms with van der Waals surface area (Å²) < 4.78 is 5.35. The van der Waals surface area contributed by atoms with Crippen LogP contribution in [0.15, 0.2) is 22.7 Å². The number of benzene rings is 1. The van der Waals surface area contributed by atoms with Crippen LogP contribution >= 0.6 is 0 Å². The number of hydrogen-bond donors (Lipinski definition) is 2. The Morgan fingerprint density at radius 2 is 2.21 bits per heavy atom. The van der Waals surface area contributed by atoms with Crippen LogP contribution in [0.1, 0.15) is 48.0 Å². The maximum atomic E-state index is 12.3. The molecule has 1 aliphatic carbocycles. The normalized spacial score (nSPS) is 14.2. The van der Waals surface area contributed by atoms with Gasteiger partial charge >= 0.3 is 0 Å². The Hall–Kier alpha value is -2.63. The standard InChI is InChI=1S/C18H20N4O2/c1-10-4-3-5-13-16(10)20-14(19-13)8-9-15(23)21-17-11(2)22-24-18(17)12-6-7-12/h3-5,12H,6-9H2,1-2H3,(H,19,20)(H,21,23). The van der Waals surface area contributed by atoms with Crippen molar-refractivity contribution in [2.45, 2.75) is 45.4 Å². The molecule has 1 aromatic carbocycles. The molecule has 1 saturated carbocycles. The van der Waals surface area contributed by atoms with Gasteiger partial charge in [0.15, 0.2) is 5.76 Å². The number of aromatic amines is 1. The number of carbonyl (C=O) groups is 1. The molecule has 1 fully saturated rings. The van der Waals surface area contributed by atoms with E-state index in [1.54, 1.807) is 0 Å². The maximum absolute atomic E-state index is 12.3. The maximum Gasteiger partial charge on any atom is 0.224 e. The lowest BCUT2D eigenvalue weighted by molar-refractivity contribution is -0.116. The van der Waals surface area contributed by atoms with Crippen LogP contribution < -0.4 is 5.32 Å². The second kappa shape index (κ2) is 5.78. The van der Waals surface area contributed by atoms with Gasteiger partial charge in [-0.2, -0.15) is 0 Å². The molecular formula is C18H20N4O2. The predicted molar refractivity (Wildman–Crippen MR) is 91.0 cm³/mol. The van der Waals surface area contributed by atoms with Gasteiger partial charge in [-0.3, -0.25) is 4.79 Å². The highest BCUT2D eigenvalue weighted by Crippen LogP contribution is 2.44. The number of nitrogens with one attached hydrogen (secondary N) is 2. The van der Waals surface area contributed by atoms with Gasteiger partial charge in [0.1, 0.15) is 17.2 Å². The van der Waals surface area contributed by atoms with Crippen LogP contribution in [0.3, 0.4) is 0 Å². The van der Waals surface area contributed by atoms with Crippen LogP contribution in [0.2, 0.25) is 0 Å². The molecule has 1 aliphatic rings. The third-order valence-corrected chi connectivity index (χ3v) is 4.45. The van der Waals surface area contributed by atoms with Crippen molar-refractivity contribution in [3.63, 3.8) is 0 Å². The molecule has 3 aromatic rings. The van der Waals surface area contributed by atoms with E-state index in [1.807, 2.05) is 32.0 Å². The fourth-order valence-electron chi connectivity index (χ4n) is 2.94. The molecule has 0 atom stereocenters. The Bertz CT molecular complexity index is 905. The number of amides is 1. The number of imidazole rings is 1. The molecule has 0 unspecified atom stereocenters. The summed E-state index contributed by atoms with van der Waals surface area (Å²) in [7, 11) is 0. The molecule has 2 N–H and O–H groups in total. The molecule has 0 aliphatic heterocycles. The van der Waals surface area contributed by atoms with E-state index in [-0.39, 0.29) is 5.91 Å². The van der Waals surface area contributed by atoms with Gasteiger partial charge in [-0.05, 0) is 38.3 Å². The van der Waals surface area contributed by atoms with Gasteiger partial charge in [0.05, 0.1) is 11.0 Å². The van der Waals surface area contributed by atoms with Gasteiger partial charge in [0, 0.05) is 18.8 Å². The zero-order valence-corrected chi connectivity index (χ0v) is 13.8. The van der Waals surface area contributed by atoms with Crippen LogP contribution in [0, 0.1) is 13.8 Å². The largest absolute Gasteiger partial charge is 0.359 e. The minimum Gasteiger partial charge on any atom is -0.359 e. The Morgan fingerprint density at radius 1 is 1.38 bits per heavy atom. The SMILES string of the molecule is Cc1noc(C2CC2)c1NC(=O)CCc1nc2c(C)cccc2[nH]1. The first-order chi connectivity index (χ1) is 11.6. The minimum atomic E-state index is -0.0413. The number of hydrogen-bond acceptors (Lipinski definition) is 4. The van der Waals surface area contributed by atoms with E-state index < -0.39 is 0 Å². The Labute approximate surface area is 139 Å². The van der Waals surface area contributed by atoms with Gasteiger partial charge in [-0.15, -0.1) is 0 Å². The lowest BCUT2D eigenvalue weighted by Crippen LogP contribution is -2.14. The Kier molecular flexibility index (Phi) is 3.59. The molecule has 2 heterocycles. The highest BCUT2D eigenvalue weighted by molar-refractivity contribution is 5.92. The van der Waals surface area contributed by atoms with E-state index in [9.17, 15) is 4.79 Å². The summed E-state index contributed by atoms with van der Waals surface area (Å²) in [5, 5.41) is 6.94. The molecule has 0 spiro atoms. The van der Waals surface area contributed by atoms with E-state index in [0.29, 0.717) is 18.8 Å². The quantitative estimate of drug-likeness (QED) is 0.751. The molecule has 0 saturated heterocycles. The van der Waals surface area contributed by atoms with Gasteiger partial charge in [0.25, 0.3) is 0 Å². The monoisotopic (exact) mass is 324 g/mol. The molecule has 6 heteroatoms. The van der Waals surface area contributed by atoms with Crippen LogP contribution in [0.4, 0.5) is 5.69 Å². The number of fused-ring (bicyclic) bond motifs is 1. The number of nitrogens with zero attached hydrogens (tertiary/aromatic N) is 2. The van der Waals surface area contributed by atoms with Gasteiger partial charge in [-0.25, -0.2) is 4.98 Å². The zero-order chi connectivity index (χ0) is 16.7. The lowest BCUT2D eigenvalue weighted by Gasteiger charge is -2.04. The summed E-state index contributed by atoms with van der Waals surface area (Å²) in [4.78, 5) is 20.2. The predicted octanol–water partition coefficient (Wildman–Crippen LogP) is 3.62. The van der Waals surface area contributed by atoms with Crippen molar-refractivity contribution in [1.29, 1.82) is 0 Å². The van der Waals surface area contributed by atoms with Crippen LogP contribution in [-0.4, -0.2) is 21.0 Å². The lowest BCUT2D eigenvalue weighted by atomic mass is 10.2. The number of rotatable bonds is 5. The average Bonchev–Trinajstić information content (AvgIpc) is 3.21. The highest BCUT2D eigenvalue weighted by Gasteiger charge is 2.32. The number of carbonyl (C=O) groups excluding carboxylic acids is 1. The van der Waals surface area contributed by atoms with Crippen molar-refractivity contribution in [3.05, 3.63) is 41.0 Å². The minimum absolute atomic E-state index is 0.0413. The Balaban J connectivity index is 1.43. The fourth-order valence-corrected chi connectivity index (χ4v) is 2.94. The summed E-state index contributed by atoms with van der Waals surface area (Å²) in [6, 6.07) is 6.04. The van der Waals surface area contributed by atoms with Crippen LogP contribution in [0.5, 0.6) is 0 Å². The highest BCUT2D eigenvalue weighted by atomic mass is 16.5. The second-order valence-corrected chi connectivity index (χ2v) is 6.48. The van der Waals surface area contributed by atoms with Crippen molar-refractivity contribution >= 4 is 22.6 Å². The molecule has 24 heavy (non-hydrogen) atoms. The number of aryl methyl sites for hydroxylation is 3. The van der Waals surface area contributed by atoms with E-state index in [2.05, 4.69) is 20.4 Å². The van der Waals surface area contributed by atoms with E-state index in [4.69, 9.17) is 4.52 Å². The van der Waals surface area contributed by atoms with E-state index in [1.165, 1.54) is 0 Å². The van der Waals surface area contributed by atoms with Crippen molar-refractivity contribution in [3.8, 4) is 0 Å². The van der Waals surface area contributed by atoms with Crippen molar-refractivity contribution < 1.29 is 9.32 Å². The third-order valence-electron chi connectivity index (χ3n) is 4.45. The first-order valence-corrected chi connectivity index (χ1v) is 8.32. The molecule has 0 bridgehead atoms. The zero-order valence-electron chi connectivity index (χ0n) is 13.8. The molecule has 4 rings (SSSR count). The summed E-state index contributed by atoms with van der Waals surface area (Å²) in [5.41, 5.74) is 4.61. The Morgan fingerprint density at radius 3 is 2.96 bits per heavy atom. The average molecular weight is 324 g/mol. The first kappa shape index (κ1) is 14.9. The van der Waals surface area contributed by atoms with E-state index in [0.717, 1.165) is 52.4 Å². The smallest absolute Gasteiger partial charge is 0.224 e. The number of para-hydroxylation sites is 1. The number of aromatic nitrogens is 3. The first-order valence-electron chi connectivity index (χ1n) is 8.32. The topological polar surface area (TPSA) is 83.8 Å². The van der Waals surface area contributed by atoms with Gasteiger partial charge in [0.2, 0.25) is 5.91 Å². The molecule has 124 valence electrons. The molecule has 0 radical (unpaired) electrons. The summed E-state index contributed by atoms with van der Waals surface area (Å²) >= 11 is 0. The fraction of sp³-hybridized carbons (Fsp3) is 0.389. The van der Waals surface area contributed by atoms with Crippen LogP contribution in [-0.2, 0) is 11.2 Å². The summed E-state index contributed by atoms with van der Waals surface area (Å²) in [6.07, 6.45) is 3.16. The summed E-state index contributed by atoms with van der Waals surface area (Å²) in [6.45, 7) is 3.89. The number of H-pyrrole nitrogens is 1.